The molecule has 1 aromatic rings. The molecule has 1 fully saturated rings. The van der Waals surface area contributed by atoms with Gasteiger partial charge in [-0.15, -0.1) is 0 Å². The van der Waals surface area contributed by atoms with Crippen LogP contribution >= 0.6 is 0 Å². The maximum atomic E-state index is 12.6. The molecule has 2 rings (SSSR count). The van der Waals surface area contributed by atoms with Gasteiger partial charge in [-0.25, -0.2) is 0 Å². The number of ether oxygens (including phenoxy) is 1. The zero-order valence-corrected chi connectivity index (χ0v) is 18.2. The van der Waals surface area contributed by atoms with Gasteiger partial charge in [-0.3, -0.25) is 4.79 Å². The van der Waals surface area contributed by atoms with Crippen molar-refractivity contribution in [2.75, 3.05) is 46.9 Å². The Bertz CT molecular complexity index is 638. The number of rotatable bonds is 9. The molecule has 1 heterocycles. The molecule has 1 aliphatic rings. The van der Waals surface area contributed by atoms with Gasteiger partial charge in [0.05, 0.1) is 40.3 Å². The molecule has 0 radical (unpaired) electrons. The lowest BCUT2D eigenvalue weighted by atomic mass is 9.91. The van der Waals surface area contributed by atoms with Gasteiger partial charge in [0, 0.05) is 36.3 Å². The first-order valence-corrected chi connectivity index (χ1v) is 10.5. The molecule has 4 N–H and O–H groups in total. The van der Waals surface area contributed by atoms with E-state index in [1.165, 1.54) is 9.80 Å². The Labute approximate surface area is 169 Å². The van der Waals surface area contributed by atoms with Gasteiger partial charge in [-0.05, 0) is 25.1 Å². The van der Waals surface area contributed by atoms with Crippen LogP contribution in [0.25, 0.3) is 0 Å². The van der Waals surface area contributed by atoms with Crippen LogP contribution in [0.3, 0.4) is 0 Å². The average Bonchev–Trinajstić information content (AvgIpc) is 2.62. The number of quaternary nitrogens is 2. The third-order valence-electron chi connectivity index (χ3n) is 5.41. The number of nitrogens with one attached hydrogen (secondary N) is 3. The SMILES string of the molecule is CCOc1cc(C[NH+]2CCC(C(=O)NCC(C)(C)C[NH+](C)C)CC2)ccc1O. The summed E-state index contributed by atoms with van der Waals surface area (Å²) in [6, 6.07) is 5.59. The molecule has 1 saturated heterocycles. The highest BCUT2D eigenvalue weighted by Gasteiger charge is 2.29. The summed E-state index contributed by atoms with van der Waals surface area (Å²) >= 11 is 0. The second-order valence-electron chi connectivity index (χ2n) is 9.20. The molecule has 1 aromatic carbocycles. The zero-order chi connectivity index (χ0) is 20.7. The molecule has 0 unspecified atom stereocenters. The van der Waals surface area contributed by atoms with E-state index in [4.69, 9.17) is 4.74 Å². The van der Waals surface area contributed by atoms with E-state index in [0.717, 1.165) is 51.1 Å². The Morgan fingerprint density at radius 2 is 2.00 bits per heavy atom. The third kappa shape index (κ3) is 6.99. The number of phenols is 1. The molecule has 6 heteroatoms. The van der Waals surface area contributed by atoms with Gasteiger partial charge in [0.2, 0.25) is 5.91 Å². The molecule has 158 valence electrons. The van der Waals surface area contributed by atoms with Crippen LogP contribution in [0.4, 0.5) is 0 Å². The molecule has 1 amide bonds. The van der Waals surface area contributed by atoms with Crippen LogP contribution in [0.1, 0.15) is 39.2 Å². The van der Waals surface area contributed by atoms with Crippen LogP contribution in [0.5, 0.6) is 11.5 Å². The van der Waals surface area contributed by atoms with Gasteiger partial charge in [-0.1, -0.05) is 13.8 Å². The summed E-state index contributed by atoms with van der Waals surface area (Å²) in [5, 5.41) is 13.0. The number of amides is 1. The second kappa shape index (κ2) is 10.1. The first kappa shape index (κ1) is 22.5. The van der Waals surface area contributed by atoms with Gasteiger partial charge >= 0.3 is 0 Å². The van der Waals surface area contributed by atoms with Crippen LogP contribution < -0.4 is 19.9 Å². The van der Waals surface area contributed by atoms with Crippen molar-refractivity contribution >= 4 is 5.91 Å². The number of phenolic OH excluding ortho intramolecular Hbond substituents is 1. The van der Waals surface area contributed by atoms with Crippen molar-refractivity contribution in [3.05, 3.63) is 23.8 Å². The normalized spacial score (nSPS) is 20.2. The van der Waals surface area contributed by atoms with Gasteiger partial charge in [0.15, 0.2) is 11.5 Å². The number of likely N-dealkylation sites (tertiary alicyclic amines) is 1. The highest BCUT2D eigenvalue weighted by atomic mass is 16.5. The molecule has 6 nitrogen and oxygen atoms in total. The minimum absolute atomic E-state index is 0.109. The minimum Gasteiger partial charge on any atom is -0.504 e. The third-order valence-corrected chi connectivity index (χ3v) is 5.41. The molecule has 0 atom stereocenters. The van der Waals surface area contributed by atoms with Crippen LogP contribution in [0, 0.1) is 11.3 Å². The zero-order valence-electron chi connectivity index (χ0n) is 18.2. The monoisotopic (exact) mass is 393 g/mol. The number of aromatic hydroxyl groups is 1. The minimum atomic E-state index is 0.109. The van der Waals surface area contributed by atoms with Crippen LogP contribution in [-0.2, 0) is 11.3 Å². The van der Waals surface area contributed by atoms with Crippen LogP contribution in [-0.4, -0.2) is 57.9 Å². The summed E-state index contributed by atoms with van der Waals surface area (Å²) in [5.41, 5.74) is 1.27. The molecule has 0 aliphatic carbocycles. The molecule has 1 aliphatic heterocycles. The average molecular weight is 394 g/mol. The van der Waals surface area contributed by atoms with Crippen molar-refractivity contribution in [1.82, 2.24) is 5.32 Å². The topological polar surface area (TPSA) is 67.4 Å². The van der Waals surface area contributed by atoms with Gasteiger partial charge in [-0.2, -0.15) is 0 Å². The van der Waals surface area contributed by atoms with Crippen molar-refractivity contribution in [2.45, 2.75) is 40.2 Å². The van der Waals surface area contributed by atoms with Gasteiger partial charge in [0.25, 0.3) is 0 Å². The Hall–Kier alpha value is -1.79. The van der Waals surface area contributed by atoms with Crippen molar-refractivity contribution in [3.8, 4) is 11.5 Å². The summed E-state index contributed by atoms with van der Waals surface area (Å²) in [6.07, 6.45) is 1.86. The Kier molecular flexibility index (Phi) is 8.13. The van der Waals surface area contributed by atoms with E-state index in [1.54, 1.807) is 6.07 Å². The summed E-state index contributed by atoms with van der Waals surface area (Å²) in [7, 11) is 4.29. The summed E-state index contributed by atoms with van der Waals surface area (Å²) < 4.78 is 5.48. The number of carbonyl (C=O) groups is 1. The molecule has 28 heavy (non-hydrogen) atoms. The van der Waals surface area contributed by atoms with Crippen molar-refractivity contribution in [2.24, 2.45) is 11.3 Å². The molecule has 0 spiro atoms. The molecule has 0 saturated carbocycles. The second-order valence-corrected chi connectivity index (χ2v) is 9.20. The van der Waals surface area contributed by atoms with Gasteiger partial charge < -0.3 is 25.0 Å². The van der Waals surface area contributed by atoms with E-state index in [9.17, 15) is 9.90 Å². The maximum Gasteiger partial charge on any atom is 0.223 e. The largest absolute Gasteiger partial charge is 0.504 e. The first-order valence-electron chi connectivity index (χ1n) is 10.5. The van der Waals surface area contributed by atoms with Crippen molar-refractivity contribution < 1.29 is 24.4 Å². The van der Waals surface area contributed by atoms with E-state index in [-0.39, 0.29) is 23.0 Å². The summed E-state index contributed by atoms with van der Waals surface area (Å²) in [6.45, 7) is 11.5. The predicted octanol–water partition coefficient (Wildman–Crippen LogP) is -0.127. The Balaban J connectivity index is 1.79. The van der Waals surface area contributed by atoms with Crippen molar-refractivity contribution in [3.63, 3.8) is 0 Å². The quantitative estimate of drug-likeness (QED) is 0.473. The van der Waals surface area contributed by atoms with E-state index < -0.39 is 0 Å². The molecule has 0 aromatic heterocycles. The van der Waals surface area contributed by atoms with Crippen LogP contribution in [0.15, 0.2) is 18.2 Å². The molecule has 0 bridgehead atoms. The highest BCUT2D eigenvalue weighted by molar-refractivity contribution is 5.78. The number of benzene rings is 1. The Morgan fingerprint density at radius 3 is 2.61 bits per heavy atom. The fourth-order valence-corrected chi connectivity index (χ4v) is 4.18. The fraction of sp³-hybridized carbons (Fsp3) is 0.682. The standard InChI is InChI=1S/C22H37N3O3/c1-6-28-20-13-17(7-8-19(20)26)14-25-11-9-18(10-12-25)21(27)23-15-22(2,3)16-24(4)5/h7-8,13,18,26H,6,9-12,14-16H2,1-5H3,(H,23,27)/p+2. The summed E-state index contributed by atoms with van der Waals surface area (Å²) in [5.74, 6) is 1.08. The van der Waals surface area contributed by atoms with Crippen molar-refractivity contribution in [1.29, 1.82) is 0 Å². The fourth-order valence-electron chi connectivity index (χ4n) is 4.18. The van der Waals surface area contributed by atoms with Gasteiger partial charge in [0.1, 0.15) is 6.54 Å². The van der Waals surface area contributed by atoms with E-state index in [2.05, 4.69) is 33.3 Å². The van der Waals surface area contributed by atoms with E-state index >= 15 is 0 Å². The highest BCUT2D eigenvalue weighted by Crippen LogP contribution is 2.26. The van der Waals surface area contributed by atoms with E-state index in [1.807, 2.05) is 19.1 Å². The first-order chi connectivity index (χ1) is 13.2. The number of piperidine rings is 1. The molecular formula is C22H39N3O3+2. The lowest BCUT2D eigenvalue weighted by Crippen LogP contribution is -3.11. The lowest BCUT2D eigenvalue weighted by Gasteiger charge is -2.30. The predicted molar refractivity (Wildman–Crippen MR) is 111 cm³/mol. The number of hydrogen-bond acceptors (Lipinski definition) is 3. The lowest BCUT2D eigenvalue weighted by molar-refractivity contribution is -0.919. The number of hydrogen-bond donors (Lipinski definition) is 4. The maximum absolute atomic E-state index is 12.6. The summed E-state index contributed by atoms with van der Waals surface area (Å²) in [4.78, 5) is 15.5. The molecular weight excluding hydrogens is 354 g/mol. The number of carbonyl (C=O) groups excluding carboxylic acids is 1. The smallest absolute Gasteiger partial charge is 0.223 e. The van der Waals surface area contributed by atoms with E-state index in [0.29, 0.717) is 12.4 Å². The Morgan fingerprint density at radius 1 is 1.32 bits per heavy atom. The van der Waals surface area contributed by atoms with Crippen LogP contribution in [0.2, 0.25) is 0 Å².